The minimum atomic E-state index is -3.55. The predicted octanol–water partition coefficient (Wildman–Crippen LogP) is 1.81. The van der Waals surface area contributed by atoms with Gasteiger partial charge in [0.15, 0.2) is 0 Å². The van der Waals surface area contributed by atoms with Crippen molar-refractivity contribution < 1.29 is 8.42 Å². The molecule has 0 saturated carbocycles. The monoisotopic (exact) mass is 303 g/mol. The highest BCUT2D eigenvalue weighted by molar-refractivity contribution is 7.90. The Kier molecular flexibility index (Phi) is 4.67. The highest BCUT2D eigenvalue weighted by atomic mass is 35.5. The molecular weight excluding hydrogens is 286 g/mol. The van der Waals surface area contributed by atoms with E-state index in [0.717, 1.165) is 19.3 Å². The Morgan fingerprint density at radius 3 is 2.63 bits per heavy atom. The van der Waals surface area contributed by atoms with Gasteiger partial charge in [-0.05, 0) is 37.1 Å². The highest BCUT2D eigenvalue weighted by Crippen LogP contribution is 2.22. The Morgan fingerprint density at radius 2 is 2.00 bits per heavy atom. The second-order valence-electron chi connectivity index (χ2n) is 4.61. The summed E-state index contributed by atoms with van der Waals surface area (Å²) in [5.74, 6) is 0. The fourth-order valence-corrected chi connectivity index (χ4v) is 3.88. The lowest BCUT2D eigenvalue weighted by Crippen LogP contribution is -2.49. The standard InChI is InChI=1S/C12H18ClN3O2S/c13-10-4-6-11(7-5-10)15-19(17,18)16-8-2-1-3-12(16)9-14/h4-7,12,15H,1-3,8-9,14H2. The molecule has 0 amide bonds. The van der Waals surface area contributed by atoms with E-state index in [1.54, 1.807) is 24.3 Å². The summed E-state index contributed by atoms with van der Waals surface area (Å²) in [5.41, 5.74) is 6.16. The molecule has 0 spiro atoms. The Balaban J connectivity index is 2.14. The fourth-order valence-electron chi connectivity index (χ4n) is 2.25. The number of rotatable bonds is 4. The number of nitrogens with one attached hydrogen (secondary N) is 1. The van der Waals surface area contributed by atoms with Gasteiger partial charge in [0.05, 0.1) is 0 Å². The molecule has 1 aliphatic rings. The zero-order valence-corrected chi connectivity index (χ0v) is 12.1. The lowest BCUT2D eigenvalue weighted by atomic mass is 10.1. The van der Waals surface area contributed by atoms with Crippen LogP contribution >= 0.6 is 11.6 Å². The van der Waals surface area contributed by atoms with Crippen LogP contribution in [0.25, 0.3) is 0 Å². The van der Waals surface area contributed by atoms with Crippen LogP contribution in [-0.4, -0.2) is 31.9 Å². The molecule has 7 heteroatoms. The van der Waals surface area contributed by atoms with Gasteiger partial charge in [0.1, 0.15) is 0 Å². The van der Waals surface area contributed by atoms with E-state index in [1.807, 2.05) is 0 Å². The van der Waals surface area contributed by atoms with Crippen LogP contribution < -0.4 is 10.5 Å². The molecule has 5 nitrogen and oxygen atoms in total. The summed E-state index contributed by atoms with van der Waals surface area (Å²) in [6.45, 7) is 0.867. The van der Waals surface area contributed by atoms with Crippen LogP contribution in [0.5, 0.6) is 0 Å². The normalized spacial score (nSPS) is 21.3. The van der Waals surface area contributed by atoms with Gasteiger partial charge in [-0.25, -0.2) is 0 Å². The van der Waals surface area contributed by atoms with Crippen LogP contribution in [0.1, 0.15) is 19.3 Å². The quantitative estimate of drug-likeness (QED) is 0.890. The number of hydrogen-bond acceptors (Lipinski definition) is 3. The van der Waals surface area contributed by atoms with E-state index in [4.69, 9.17) is 17.3 Å². The van der Waals surface area contributed by atoms with Crippen molar-refractivity contribution in [3.05, 3.63) is 29.3 Å². The number of piperidine rings is 1. The van der Waals surface area contributed by atoms with Crippen LogP contribution in [0.15, 0.2) is 24.3 Å². The second-order valence-corrected chi connectivity index (χ2v) is 6.67. The van der Waals surface area contributed by atoms with E-state index in [1.165, 1.54) is 4.31 Å². The molecular formula is C12H18ClN3O2S. The lowest BCUT2D eigenvalue weighted by Gasteiger charge is -2.33. The molecule has 0 bridgehead atoms. The van der Waals surface area contributed by atoms with Gasteiger partial charge in [-0.2, -0.15) is 12.7 Å². The van der Waals surface area contributed by atoms with Gasteiger partial charge >= 0.3 is 10.2 Å². The first-order chi connectivity index (χ1) is 9.03. The van der Waals surface area contributed by atoms with Gasteiger partial charge < -0.3 is 5.73 Å². The molecule has 1 saturated heterocycles. The van der Waals surface area contributed by atoms with Crippen LogP contribution in [0.3, 0.4) is 0 Å². The summed E-state index contributed by atoms with van der Waals surface area (Å²) in [5, 5.41) is 0.570. The molecule has 1 aliphatic heterocycles. The SMILES string of the molecule is NCC1CCCCN1S(=O)(=O)Nc1ccc(Cl)cc1. The molecule has 1 aromatic rings. The Labute approximate surface area is 118 Å². The van der Waals surface area contributed by atoms with Crippen molar-refractivity contribution in [3.8, 4) is 0 Å². The largest absolute Gasteiger partial charge is 0.329 e. The van der Waals surface area contributed by atoms with Gasteiger partial charge in [0.2, 0.25) is 0 Å². The summed E-state index contributed by atoms with van der Waals surface area (Å²) in [4.78, 5) is 0. The molecule has 2 rings (SSSR count). The first kappa shape index (κ1) is 14.6. The average molecular weight is 304 g/mol. The summed E-state index contributed by atoms with van der Waals surface area (Å²) in [7, 11) is -3.55. The van der Waals surface area contributed by atoms with E-state index in [-0.39, 0.29) is 6.04 Å². The number of benzene rings is 1. The van der Waals surface area contributed by atoms with Gasteiger partial charge in [0, 0.05) is 29.8 Å². The van der Waals surface area contributed by atoms with Crippen LogP contribution in [-0.2, 0) is 10.2 Å². The summed E-state index contributed by atoms with van der Waals surface area (Å²) >= 11 is 5.77. The molecule has 1 unspecified atom stereocenters. The van der Waals surface area contributed by atoms with Crippen molar-refractivity contribution in [3.63, 3.8) is 0 Å². The summed E-state index contributed by atoms with van der Waals surface area (Å²) in [6.07, 6.45) is 2.71. The van der Waals surface area contributed by atoms with E-state index in [2.05, 4.69) is 4.72 Å². The number of hydrogen-bond donors (Lipinski definition) is 2. The minimum absolute atomic E-state index is 0.112. The van der Waals surface area contributed by atoms with E-state index in [9.17, 15) is 8.42 Å². The maximum atomic E-state index is 12.3. The van der Waals surface area contributed by atoms with Crippen molar-refractivity contribution in [2.24, 2.45) is 5.73 Å². The van der Waals surface area contributed by atoms with Gasteiger partial charge in [-0.3, -0.25) is 4.72 Å². The summed E-state index contributed by atoms with van der Waals surface area (Å²) in [6, 6.07) is 6.47. The average Bonchev–Trinajstić information content (AvgIpc) is 2.41. The predicted molar refractivity (Wildman–Crippen MR) is 77.4 cm³/mol. The molecule has 0 radical (unpaired) electrons. The topological polar surface area (TPSA) is 75.4 Å². The first-order valence-electron chi connectivity index (χ1n) is 6.28. The third-order valence-corrected chi connectivity index (χ3v) is 5.09. The minimum Gasteiger partial charge on any atom is -0.329 e. The maximum absolute atomic E-state index is 12.3. The molecule has 1 atom stereocenters. The number of halogens is 1. The van der Waals surface area contributed by atoms with Crippen molar-refractivity contribution in [1.82, 2.24) is 4.31 Å². The van der Waals surface area contributed by atoms with Crippen LogP contribution in [0, 0.1) is 0 Å². The zero-order valence-electron chi connectivity index (χ0n) is 10.5. The molecule has 106 valence electrons. The number of anilines is 1. The van der Waals surface area contributed by atoms with Crippen molar-refractivity contribution in [2.45, 2.75) is 25.3 Å². The van der Waals surface area contributed by atoms with Gasteiger partial charge in [-0.1, -0.05) is 18.0 Å². The lowest BCUT2D eigenvalue weighted by molar-refractivity contribution is 0.259. The van der Waals surface area contributed by atoms with Crippen molar-refractivity contribution in [2.75, 3.05) is 17.8 Å². The van der Waals surface area contributed by atoms with Crippen molar-refractivity contribution >= 4 is 27.5 Å². The highest BCUT2D eigenvalue weighted by Gasteiger charge is 2.31. The van der Waals surface area contributed by atoms with Crippen molar-refractivity contribution in [1.29, 1.82) is 0 Å². The molecule has 19 heavy (non-hydrogen) atoms. The Hall–Kier alpha value is -0.820. The molecule has 1 aromatic carbocycles. The smallest absolute Gasteiger partial charge is 0.301 e. The number of nitrogens with two attached hydrogens (primary N) is 1. The van der Waals surface area contributed by atoms with Gasteiger partial charge in [-0.15, -0.1) is 0 Å². The van der Waals surface area contributed by atoms with E-state index in [0.29, 0.717) is 23.8 Å². The molecule has 1 heterocycles. The molecule has 1 fully saturated rings. The van der Waals surface area contributed by atoms with E-state index >= 15 is 0 Å². The molecule has 3 N–H and O–H groups in total. The van der Waals surface area contributed by atoms with Crippen LogP contribution in [0.2, 0.25) is 5.02 Å². The Morgan fingerprint density at radius 1 is 1.32 bits per heavy atom. The molecule has 0 aromatic heterocycles. The molecule has 0 aliphatic carbocycles. The number of nitrogens with zero attached hydrogens (tertiary/aromatic N) is 1. The van der Waals surface area contributed by atoms with E-state index < -0.39 is 10.2 Å². The third kappa shape index (κ3) is 3.60. The second kappa shape index (κ2) is 6.09. The first-order valence-corrected chi connectivity index (χ1v) is 8.10. The third-order valence-electron chi connectivity index (χ3n) is 3.24. The van der Waals surface area contributed by atoms with Crippen LogP contribution in [0.4, 0.5) is 5.69 Å². The Bertz CT molecular complexity index is 518. The summed E-state index contributed by atoms with van der Waals surface area (Å²) < 4.78 is 28.7. The fraction of sp³-hybridized carbons (Fsp3) is 0.500. The van der Waals surface area contributed by atoms with Gasteiger partial charge in [0.25, 0.3) is 0 Å². The maximum Gasteiger partial charge on any atom is 0.301 e. The zero-order chi connectivity index (χ0) is 13.9.